The molecule has 28 heavy (non-hydrogen) atoms. The smallest absolute Gasteiger partial charge is 0.328 e. The lowest BCUT2D eigenvalue weighted by Crippen LogP contribution is -2.51. The van der Waals surface area contributed by atoms with Crippen LogP contribution in [-0.2, 0) is 16.0 Å². The van der Waals surface area contributed by atoms with Crippen molar-refractivity contribution in [3.63, 3.8) is 0 Å². The Morgan fingerprint density at radius 3 is 2.71 bits per heavy atom. The molecule has 3 rings (SSSR count). The van der Waals surface area contributed by atoms with Crippen molar-refractivity contribution in [3.8, 4) is 0 Å². The van der Waals surface area contributed by atoms with E-state index < -0.39 is 12.0 Å². The van der Waals surface area contributed by atoms with Crippen LogP contribution in [0.3, 0.4) is 0 Å². The van der Waals surface area contributed by atoms with E-state index in [0.29, 0.717) is 19.4 Å². The van der Waals surface area contributed by atoms with Crippen LogP contribution in [0, 0.1) is 5.92 Å². The fourth-order valence-corrected chi connectivity index (χ4v) is 3.80. The van der Waals surface area contributed by atoms with Gasteiger partial charge >= 0.3 is 12.0 Å². The molecule has 1 aromatic heterocycles. The van der Waals surface area contributed by atoms with Gasteiger partial charge in [-0.1, -0.05) is 41.9 Å². The molecule has 0 radical (unpaired) electrons. The van der Waals surface area contributed by atoms with E-state index in [4.69, 9.17) is 4.74 Å². The summed E-state index contributed by atoms with van der Waals surface area (Å²) in [5, 5.41) is 2.87. The summed E-state index contributed by atoms with van der Waals surface area (Å²) >= 11 is 3.45. The number of hydrogen-bond donors (Lipinski definition) is 2. The van der Waals surface area contributed by atoms with E-state index in [0.717, 1.165) is 21.4 Å². The number of nitrogens with zero attached hydrogens (tertiary/aromatic N) is 2. The summed E-state index contributed by atoms with van der Waals surface area (Å²) in [5.41, 5.74) is 2.83. The monoisotopic (exact) mass is 448 g/mol. The molecule has 1 unspecified atom stereocenters. The zero-order chi connectivity index (χ0) is 20.3. The number of amides is 2. The SMILES string of the molecule is COC(=O)[C@@H](CC(C)C)NC(=O)N1CCc2[nH]cnc2C1c1ccc(Br)cc1. The highest BCUT2D eigenvalue weighted by atomic mass is 79.9. The van der Waals surface area contributed by atoms with Crippen molar-refractivity contribution >= 4 is 27.9 Å². The number of hydrogen-bond acceptors (Lipinski definition) is 4. The van der Waals surface area contributed by atoms with Crippen LogP contribution < -0.4 is 5.32 Å². The summed E-state index contributed by atoms with van der Waals surface area (Å²) < 4.78 is 5.84. The molecule has 0 saturated heterocycles. The maximum atomic E-state index is 13.2. The molecule has 2 atom stereocenters. The normalized spacial score (nSPS) is 17.2. The second kappa shape index (κ2) is 8.77. The minimum Gasteiger partial charge on any atom is -0.467 e. The lowest BCUT2D eigenvalue weighted by atomic mass is 9.96. The predicted octanol–water partition coefficient (Wildman–Crippen LogP) is 3.42. The number of nitrogens with one attached hydrogen (secondary N) is 2. The minimum absolute atomic E-state index is 0.242. The first kappa shape index (κ1) is 20.4. The Balaban J connectivity index is 1.89. The number of ether oxygens (including phenoxy) is 1. The molecule has 7 nitrogen and oxygen atoms in total. The largest absolute Gasteiger partial charge is 0.467 e. The van der Waals surface area contributed by atoms with E-state index in [1.165, 1.54) is 7.11 Å². The van der Waals surface area contributed by atoms with Gasteiger partial charge in [0.2, 0.25) is 0 Å². The third kappa shape index (κ3) is 4.38. The lowest BCUT2D eigenvalue weighted by Gasteiger charge is -2.36. The molecule has 1 aliphatic heterocycles. The van der Waals surface area contributed by atoms with E-state index in [1.807, 2.05) is 38.1 Å². The highest BCUT2D eigenvalue weighted by Crippen LogP contribution is 2.34. The number of rotatable bonds is 5. The molecule has 0 bridgehead atoms. The van der Waals surface area contributed by atoms with Gasteiger partial charge in [-0.15, -0.1) is 0 Å². The third-order valence-electron chi connectivity index (χ3n) is 4.86. The first-order valence-corrected chi connectivity index (χ1v) is 10.1. The summed E-state index contributed by atoms with van der Waals surface area (Å²) in [4.78, 5) is 34.7. The number of benzene rings is 1. The predicted molar refractivity (Wildman–Crippen MR) is 109 cm³/mol. The highest BCUT2D eigenvalue weighted by molar-refractivity contribution is 9.10. The molecule has 0 fully saturated rings. The van der Waals surface area contributed by atoms with Gasteiger partial charge in [0.15, 0.2) is 0 Å². The fraction of sp³-hybridized carbons (Fsp3) is 0.450. The third-order valence-corrected chi connectivity index (χ3v) is 5.39. The van der Waals surface area contributed by atoms with Crippen molar-refractivity contribution in [2.75, 3.05) is 13.7 Å². The minimum atomic E-state index is -0.677. The maximum absolute atomic E-state index is 13.2. The van der Waals surface area contributed by atoms with E-state index in [1.54, 1.807) is 11.2 Å². The Morgan fingerprint density at radius 2 is 2.07 bits per heavy atom. The summed E-state index contributed by atoms with van der Waals surface area (Å²) in [7, 11) is 1.34. The van der Waals surface area contributed by atoms with Gasteiger partial charge in [0, 0.05) is 23.1 Å². The van der Waals surface area contributed by atoms with Crippen molar-refractivity contribution in [2.45, 2.75) is 38.8 Å². The highest BCUT2D eigenvalue weighted by Gasteiger charge is 2.35. The average Bonchev–Trinajstić information content (AvgIpc) is 3.15. The van der Waals surface area contributed by atoms with E-state index >= 15 is 0 Å². The van der Waals surface area contributed by atoms with E-state index in [2.05, 4.69) is 31.2 Å². The van der Waals surface area contributed by atoms with E-state index in [9.17, 15) is 9.59 Å². The second-order valence-electron chi connectivity index (χ2n) is 7.32. The van der Waals surface area contributed by atoms with Crippen molar-refractivity contribution in [3.05, 3.63) is 52.0 Å². The van der Waals surface area contributed by atoms with Crippen molar-refractivity contribution in [1.29, 1.82) is 0 Å². The van der Waals surface area contributed by atoms with Crippen LogP contribution in [-0.4, -0.2) is 46.6 Å². The summed E-state index contributed by atoms with van der Waals surface area (Å²) in [6, 6.07) is 6.56. The van der Waals surface area contributed by atoms with Crippen molar-refractivity contribution in [2.24, 2.45) is 5.92 Å². The molecule has 8 heteroatoms. The first-order chi connectivity index (χ1) is 13.4. The number of carbonyl (C=O) groups is 2. The topological polar surface area (TPSA) is 87.3 Å². The van der Waals surface area contributed by atoms with Crippen LogP contribution in [0.25, 0.3) is 0 Å². The number of urea groups is 1. The van der Waals surface area contributed by atoms with Gasteiger partial charge in [-0.3, -0.25) is 0 Å². The molecule has 1 aromatic carbocycles. The van der Waals surface area contributed by atoms with Crippen LogP contribution in [0.5, 0.6) is 0 Å². The number of imidazole rings is 1. The summed E-state index contributed by atoms with van der Waals surface area (Å²) in [6.45, 7) is 4.53. The van der Waals surface area contributed by atoms with Crippen LogP contribution in [0.2, 0.25) is 0 Å². The number of aromatic nitrogens is 2. The Kier molecular flexibility index (Phi) is 6.39. The lowest BCUT2D eigenvalue weighted by molar-refractivity contribution is -0.143. The zero-order valence-corrected chi connectivity index (χ0v) is 17.8. The Hall–Kier alpha value is -2.35. The average molecular weight is 449 g/mol. The molecular weight excluding hydrogens is 424 g/mol. The van der Waals surface area contributed by atoms with Crippen molar-refractivity contribution < 1.29 is 14.3 Å². The fourth-order valence-electron chi connectivity index (χ4n) is 3.54. The van der Waals surface area contributed by atoms with Crippen molar-refractivity contribution in [1.82, 2.24) is 20.2 Å². The van der Waals surface area contributed by atoms with E-state index in [-0.39, 0.29) is 18.0 Å². The molecule has 2 amide bonds. The van der Waals surface area contributed by atoms with Gasteiger partial charge in [-0.25, -0.2) is 14.6 Å². The standard InChI is InChI=1S/C20H25BrN4O3/c1-12(2)10-16(19(26)28-3)24-20(27)25-9-8-15-17(23-11-22-15)18(25)13-4-6-14(21)7-5-13/h4-7,11-12,16,18H,8-10H2,1-3H3,(H,22,23)(H,24,27)/t16-,18?/m1/s1. The van der Waals surface area contributed by atoms with Gasteiger partial charge in [-0.2, -0.15) is 0 Å². The molecule has 150 valence electrons. The van der Waals surface area contributed by atoms with Gasteiger partial charge in [0.25, 0.3) is 0 Å². The number of methoxy groups -OCH3 is 1. The van der Waals surface area contributed by atoms with Gasteiger partial charge < -0.3 is 19.9 Å². The first-order valence-electron chi connectivity index (χ1n) is 9.33. The number of fused-ring (bicyclic) bond motifs is 1. The molecule has 0 spiro atoms. The molecular formula is C20H25BrN4O3. The Labute approximate surface area is 173 Å². The van der Waals surface area contributed by atoms with Crippen LogP contribution in [0.4, 0.5) is 4.79 Å². The Bertz CT molecular complexity index is 834. The zero-order valence-electron chi connectivity index (χ0n) is 16.2. The van der Waals surface area contributed by atoms with Gasteiger partial charge in [-0.05, 0) is 30.0 Å². The van der Waals surface area contributed by atoms with Gasteiger partial charge in [0.05, 0.1) is 19.1 Å². The summed E-state index contributed by atoms with van der Waals surface area (Å²) in [6.07, 6.45) is 2.86. The molecule has 0 saturated carbocycles. The molecule has 2 aromatic rings. The molecule has 2 N–H and O–H groups in total. The quantitative estimate of drug-likeness (QED) is 0.685. The van der Waals surface area contributed by atoms with Crippen LogP contribution in [0.1, 0.15) is 43.3 Å². The second-order valence-corrected chi connectivity index (χ2v) is 8.23. The molecule has 0 aliphatic carbocycles. The van der Waals surface area contributed by atoms with Crippen LogP contribution in [0.15, 0.2) is 35.1 Å². The molecule has 2 heterocycles. The number of carbonyl (C=O) groups excluding carboxylic acids is 2. The Morgan fingerprint density at radius 1 is 1.36 bits per heavy atom. The molecule has 1 aliphatic rings. The van der Waals surface area contributed by atoms with Crippen LogP contribution >= 0.6 is 15.9 Å². The number of aromatic amines is 1. The number of esters is 1. The number of H-pyrrole nitrogens is 1. The maximum Gasteiger partial charge on any atom is 0.328 e. The number of halogens is 1. The van der Waals surface area contributed by atoms with Gasteiger partial charge in [0.1, 0.15) is 12.1 Å². The summed E-state index contributed by atoms with van der Waals surface area (Å²) in [5.74, 6) is -0.189.